The molecule has 0 spiro atoms. The third-order valence-electron chi connectivity index (χ3n) is 0. The largest absolute Gasteiger partial charge is 0.0158 e. The van der Waals surface area contributed by atoms with E-state index in [1.54, 1.807) is 6.10 Å². The van der Waals surface area contributed by atoms with Crippen LogP contribution in [0.25, 0.3) is 0 Å². The van der Waals surface area contributed by atoms with Gasteiger partial charge in [-0.05, 0) is 6.10 Å². The zero-order valence-electron chi connectivity index (χ0n) is 1.57. The minimum atomic E-state index is 0. The molecule has 26 valence electrons. The topological polar surface area (TPSA) is 0 Å². The van der Waals surface area contributed by atoms with E-state index in [1.165, 1.54) is 0 Å². The van der Waals surface area contributed by atoms with Crippen LogP contribution in [0.15, 0.2) is 0 Å². The van der Waals surface area contributed by atoms with Crippen LogP contribution < -0.4 is 0 Å². The van der Waals surface area contributed by atoms with E-state index in [9.17, 15) is 0 Å². The Labute approximate surface area is 68.3 Å². The Morgan fingerprint density at radius 2 is 1.25 bits per heavy atom. The van der Waals surface area contributed by atoms with Gasteiger partial charge >= 0.3 is 0 Å². The molecule has 0 aliphatic heterocycles. The molecule has 0 nitrogen and oxygen atoms in total. The van der Waals surface area contributed by atoms with Gasteiger partial charge in [0.2, 0.25) is 0 Å². The van der Waals surface area contributed by atoms with Crippen LogP contribution in [0, 0.1) is 0 Å². The summed E-state index contributed by atoms with van der Waals surface area (Å²) in [5, 5.41) is 0. The monoisotopic (exact) mass is 384 g/mol. The van der Waals surface area contributed by atoms with E-state index in [0.717, 1.165) is 0 Å². The van der Waals surface area contributed by atoms with E-state index in [2.05, 4.69) is 42.4 Å². The number of hydrogen-bond donors (Lipinski definition) is 0. The van der Waals surface area contributed by atoms with Crippen molar-refractivity contribution < 1.29 is 21.1 Å². The van der Waals surface area contributed by atoms with Crippen molar-refractivity contribution in [2.24, 2.45) is 0 Å². The average Bonchev–Trinajstić information content (AvgIpc) is 0.918. The van der Waals surface area contributed by atoms with Crippen LogP contribution >= 0.6 is 48.5 Å². The molecule has 0 atom stereocenters. The van der Waals surface area contributed by atoms with Gasteiger partial charge in [-0.1, -0.05) is 0 Å². The Kier molecular flexibility index (Phi) is 22.1. The van der Waals surface area contributed by atoms with Crippen LogP contribution in [0.2, 0.25) is 0 Å². The molecule has 0 aliphatic carbocycles. The van der Waals surface area contributed by atoms with Crippen LogP contribution in [0.1, 0.15) is 0 Å². The zero-order chi connectivity index (χ0) is 2.71. The molecular formula is I2MoS. The van der Waals surface area contributed by atoms with Gasteiger partial charge in [0.15, 0.2) is 0 Å². The second kappa shape index (κ2) is 9.09. The molecule has 0 fully saturated rings. The summed E-state index contributed by atoms with van der Waals surface area (Å²) >= 11 is 4.38. The summed E-state index contributed by atoms with van der Waals surface area (Å²) < 4.78 is 0. The first-order valence-corrected chi connectivity index (χ1v) is 6.21. The molecule has 0 aromatic rings. The zero-order valence-corrected chi connectivity index (χ0v) is 8.71. The van der Waals surface area contributed by atoms with Crippen molar-refractivity contribution in [2.75, 3.05) is 0 Å². The van der Waals surface area contributed by atoms with Gasteiger partial charge in [-0.2, -0.15) is 0 Å². The van der Waals surface area contributed by atoms with Gasteiger partial charge in [-0.15, -0.1) is 0 Å². The van der Waals surface area contributed by atoms with Gasteiger partial charge in [-0.3, -0.25) is 0 Å². The third-order valence-corrected chi connectivity index (χ3v) is 0. The van der Waals surface area contributed by atoms with Crippen LogP contribution in [-0.2, 0) is 21.1 Å². The Morgan fingerprint density at radius 3 is 1.25 bits per heavy atom. The van der Waals surface area contributed by atoms with E-state index in [1.807, 2.05) is 0 Å². The van der Waals surface area contributed by atoms with Crippen molar-refractivity contribution in [3.8, 4) is 0 Å². The van der Waals surface area contributed by atoms with Crippen molar-refractivity contribution in [1.29, 1.82) is 0 Å². The van der Waals surface area contributed by atoms with Gasteiger partial charge in [0, 0.05) is 63.5 Å². The van der Waals surface area contributed by atoms with E-state index in [4.69, 9.17) is 0 Å². The maximum Gasteiger partial charge on any atom is 0.00791 e. The summed E-state index contributed by atoms with van der Waals surface area (Å²) in [6.45, 7) is 0. The molecule has 0 radical (unpaired) electrons. The first-order chi connectivity index (χ1) is 1.41. The van der Waals surface area contributed by atoms with Crippen molar-refractivity contribution >= 4 is 48.5 Å². The van der Waals surface area contributed by atoms with Crippen LogP contribution in [0.3, 0.4) is 0 Å². The standard InChI is InChI=1S/I2S.Mo/c1-3-2;. The fourth-order valence-electron chi connectivity index (χ4n) is 0. The van der Waals surface area contributed by atoms with E-state index in [0.29, 0.717) is 0 Å². The minimum Gasteiger partial charge on any atom is -0.0158 e. The Hall–Kier alpha value is 2.50. The van der Waals surface area contributed by atoms with Gasteiger partial charge in [-0.25, -0.2) is 0 Å². The SMILES string of the molecule is ISI.[Mo]. The molecule has 0 bridgehead atoms. The molecule has 0 unspecified atom stereocenters. The number of rotatable bonds is 0. The minimum absolute atomic E-state index is 0. The molecule has 0 aromatic heterocycles. The van der Waals surface area contributed by atoms with E-state index >= 15 is 0 Å². The van der Waals surface area contributed by atoms with E-state index < -0.39 is 0 Å². The maximum absolute atomic E-state index is 2.19. The summed E-state index contributed by atoms with van der Waals surface area (Å²) in [5.74, 6) is 0. The Balaban J connectivity index is 0. The van der Waals surface area contributed by atoms with Crippen molar-refractivity contribution in [3.63, 3.8) is 0 Å². The predicted octanol–water partition coefficient (Wildman–Crippen LogP) is 2.42. The molecule has 0 saturated heterocycles. The predicted molar refractivity (Wildman–Crippen MR) is 35.6 cm³/mol. The quantitative estimate of drug-likeness (QED) is 0.459. The molecule has 0 rings (SSSR count). The molecule has 4 heteroatoms. The fourth-order valence-corrected chi connectivity index (χ4v) is 0. The summed E-state index contributed by atoms with van der Waals surface area (Å²) in [6.07, 6.45) is 1.69. The molecule has 0 amide bonds. The third kappa shape index (κ3) is 8.82. The molecule has 4 heavy (non-hydrogen) atoms. The van der Waals surface area contributed by atoms with Crippen molar-refractivity contribution in [1.82, 2.24) is 0 Å². The van der Waals surface area contributed by atoms with Crippen LogP contribution in [0.5, 0.6) is 0 Å². The summed E-state index contributed by atoms with van der Waals surface area (Å²) in [7, 11) is 0. The summed E-state index contributed by atoms with van der Waals surface area (Å²) in [4.78, 5) is 0. The second-order valence-electron chi connectivity index (χ2n) is 0.0583. The van der Waals surface area contributed by atoms with E-state index in [-0.39, 0.29) is 21.1 Å². The molecule has 0 aromatic carbocycles. The number of hydrogen-bond acceptors (Lipinski definition) is 1. The first kappa shape index (κ1) is 9.71. The Morgan fingerprint density at radius 1 is 1.25 bits per heavy atom. The molecule has 0 aliphatic rings. The van der Waals surface area contributed by atoms with Crippen molar-refractivity contribution in [3.05, 3.63) is 0 Å². The average molecular weight is 382 g/mol. The molecule has 0 heterocycles. The molecule has 0 saturated carbocycles. The molecular weight excluding hydrogens is 382 g/mol. The summed E-state index contributed by atoms with van der Waals surface area (Å²) in [5.41, 5.74) is 0. The van der Waals surface area contributed by atoms with Gasteiger partial charge in [0.05, 0.1) is 0 Å². The van der Waals surface area contributed by atoms with Crippen molar-refractivity contribution in [2.45, 2.75) is 0 Å². The maximum atomic E-state index is 2.19. The molecule has 0 N–H and O–H groups in total. The van der Waals surface area contributed by atoms with Crippen LogP contribution in [0.4, 0.5) is 0 Å². The first-order valence-electron chi connectivity index (χ1n) is 0.309. The number of halogens is 2. The van der Waals surface area contributed by atoms with Gasteiger partial charge < -0.3 is 0 Å². The summed E-state index contributed by atoms with van der Waals surface area (Å²) in [6, 6.07) is 0. The Bertz CT molecular complexity index is 6.00. The second-order valence-corrected chi connectivity index (χ2v) is 7.87. The van der Waals surface area contributed by atoms with Gasteiger partial charge in [0.25, 0.3) is 0 Å². The normalized spacial score (nSPS) is 4.50. The van der Waals surface area contributed by atoms with Crippen LogP contribution in [-0.4, -0.2) is 0 Å². The van der Waals surface area contributed by atoms with Gasteiger partial charge in [0.1, 0.15) is 0 Å². The smallest absolute Gasteiger partial charge is 0.00791 e. The fraction of sp³-hybridized carbons (Fsp3) is 0.